The molecule has 1 saturated heterocycles. The summed E-state index contributed by atoms with van der Waals surface area (Å²) in [6, 6.07) is 0. The highest BCUT2D eigenvalue weighted by Gasteiger charge is 2.62. The Kier molecular flexibility index (Phi) is 2.53. The normalized spacial score (nSPS) is 38.6. The number of hydrogen-bond acceptors (Lipinski definition) is 3. The first kappa shape index (κ1) is 13.2. The third-order valence-electron chi connectivity index (χ3n) is 5.39. The number of carboxylic acids is 1. The summed E-state index contributed by atoms with van der Waals surface area (Å²) in [5, 5.41) is 9.27. The predicted molar refractivity (Wildman–Crippen MR) is 71.6 cm³/mol. The van der Waals surface area contributed by atoms with E-state index < -0.39 is 11.4 Å². The van der Waals surface area contributed by atoms with Crippen molar-refractivity contribution in [3.8, 4) is 0 Å². The number of allylic oxidation sites excluding steroid dienone is 2. The quantitative estimate of drug-likeness (QED) is 0.778. The average molecular weight is 264 g/mol. The zero-order chi connectivity index (χ0) is 14.1. The smallest absolute Gasteiger partial charge is 0.481 e. The fourth-order valence-electron chi connectivity index (χ4n) is 3.09. The Bertz CT molecular complexity index is 452. The minimum absolute atomic E-state index is 0.174. The molecule has 2 fully saturated rings. The van der Waals surface area contributed by atoms with E-state index in [1.807, 2.05) is 27.7 Å². The number of carbonyl (C=O) groups is 1. The van der Waals surface area contributed by atoms with Gasteiger partial charge in [0.2, 0.25) is 0 Å². The summed E-state index contributed by atoms with van der Waals surface area (Å²) in [6.45, 7) is 8.15. The summed E-state index contributed by atoms with van der Waals surface area (Å²) in [5.74, 6) is -0.477. The summed E-state index contributed by atoms with van der Waals surface area (Å²) in [4.78, 5) is 11.3. The second kappa shape index (κ2) is 3.64. The van der Waals surface area contributed by atoms with Gasteiger partial charge in [-0.05, 0) is 58.3 Å². The topological polar surface area (TPSA) is 55.8 Å². The van der Waals surface area contributed by atoms with Crippen LogP contribution in [0.25, 0.3) is 0 Å². The molecule has 0 aromatic rings. The first-order valence-electron chi connectivity index (χ1n) is 6.98. The van der Waals surface area contributed by atoms with Crippen molar-refractivity contribution in [2.75, 3.05) is 0 Å². The van der Waals surface area contributed by atoms with Crippen molar-refractivity contribution in [2.24, 2.45) is 11.3 Å². The van der Waals surface area contributed by atoms with Crippen LogP contribution in [0, 0.1) is 11.3 Å². The van der Waals surface area contributed by atoms with Gasteiger partial charge in [-0.3, -0.25) is 4.79 Å². The number of fused-ring (bicyclic) bond motifs is 1. The number of aliphatic carboxylic acids is 1. The molecule has 0 aromatic carbocycles. The van der Waals surface area contributed by atoms with Crippen molar-refractivity contribution in [3.05, 3.63) is 11.5 Å². The lowest BCUT2D eigenvalue weighted by Crippen LogP contribution is -2.41. The first-order chi connectivity index (χ1) is 8.68. The summed E-state index contributed by atoms with van der Waals surface area (Å²) in [6.07, 6.45) is 4.33. The van der Waals surface area contributed by atoms with Gasteiger partial charge in [-0.2, -0.15) is 0 Å². The second-order valence-corrected chi connectivity index (χ2v) is 7.10. The average Bonchev–Trinajstić information content (AvgIpc) is 2.96. The van der Waals surface area contributed by atoms with Crippen LogP contribution in [0.15, 0.2) is 11.5 Å². The predicted octanol–water partition coefficient (Wildman–Crippen LogP) is 2.43. The zero-order valence-electron chi connectivity index (χ0n) is 12.0. The van der Waals surface area contributed by atoms with E-state index in [9.17, 15) is 9.90 Å². The largest absolute Gasteiger partial charge is 0.490 e. The summed E-state index contributed by atoms with van der Waals surface area (Å²) < 4.78 is 12.1. The summed E-state index contributed by atoms with van der Waals surface area (Å²) >= 11 is 0. The van der Waals surface area contributed by atoms with E-state index in [2.05, 4.69) is 6.08 Å². The molecule has 0 aromatic heterocycles. The number of rotatable bonds is 2. The van der Waals surface area contributed by atoms with E-state index in [0.29, 0.717) is 6.42 Å². The lowest BCUT2D eigenvalue weighted by Gasteiger charge is -2.32. The van der Waals surface area contributed by atoms with Crippen LogP contribution in [0.4, 0.5) is 0 Å². The molecule has 2 aliphatic carbocycles. The molecule has 1 aliphatic heterocycles. The maximum atomic E-state index is 11.3. The van der Waals surface area contributed by atoms with E-state index in [1.165, 1.54) is 0 Å². The van der Waals surface area contributed by atoms with E-state index in [0.717, 1.165) is 18.3 Å². The van der Waals surface area contributed by atoms with Crippen molar-refractivity contribution in [1.29, 1.82) is 0 Å². The number of hydrogen-bond donors (Lipinski definition) is 1. The molecule has 19 heavy (non-hydrogen) atoms. The molecule has 2 unspecified atom stereocenters. The molecule has 1 N–H and O–H groups in total. The third kappa shape index (κ3) is 1.78. The van der Waals surface area contributed by atoms with E-state index in [4.69, 9.17) is 9.31 Å². The molecular weight excluding hydrogens is 243 g/mol. The van der Waals surface area contributed by atoms with Gasteiger partial charge in [0.1, 0.15) is 0 Å². The fourth-order valence-corrected chi connectivity index (χ4v) is 3.09. The molecule has 0 bridgehead atoms. The third-order valence-corrected chi connectivity index (χ3v) is 5.39. The van der Waals surface area contributed by atoms with E-state index in [-0.39, 0.29) is 24.2 Å². The second-order valence-electron chi connectivity index (χ2n) is 7.10. The van der Waals surface area contributed by atoms with Crippen LogP contribution >= 0.6 is 0 Å². The molecule has 0 spiro atoms. The molecule has 0 amide bonds. The first-order valence-corrected chi connectivity index (χ1v) is 6.98. The molecule has 104 valence electrons. The van der Waals surface area contributed by atoms with Crippen LogP contribution < -0.4 is 0 Å². The Morgan fingerprint density at radius 3 is 2.37 bits per heavy atom. The van der Waals surface area contributed by atoms with Crippen LogP contribution in [-0.4, -0.2) is 29.4 Å². The van der Waals surface area contributed by atoms with Crippen molar-refractivity contribution in [2.45, 2.75) is 58.2 Å². The van der Waals surface area contributed by atoms with E-state index >= 15 is 0 Å². The van der Waals surface area contributed by atoms with Crippen LogP contribution in [0.2, 0.25) is 0 Å². The van der Waals surface area contributed by atoms with Crippen molar-refractivity contribution < 1.29 is 19.2 Å². The molecule has 4 nitrogen and oxygen atoms in total. The Labute approximate surface area is 114 Å². The van der Waals surface area contributed by atoms with Crippen LogP contribution in [0.5, 0.6) is 0 Å². The van der Waals surface area contributed by atoms with Gasteiger partial charge in [0.05, 0.1) is 16.6 Å². The van der Waals surface area contributed by atoms with Gasteiger partial charge in [0, 0.05) is 0 Å². The van der Waals surface area contributed by atoms with Crippen molar-refractivity contribution in [3.63, 3.8) is 0 Å². The zero-order valence-corrected chi connectivity index (χ0v) is 12.0. The van der Waals surface area contributed by atoms with Crippen molar-refractivity contribution >= 4 is 13.1 Å². The van der Waals surface area contributed by atoms with Gasteiger partial charge < -0.3 is 14.4 Å². The highest BCUT2D eigenvalue weighted by molar-refractivity contribution is 6.54. The van der Waals surface area contributed by atoms with Crippen LogP contribution in [-0.2, 0) is 14.1 Å². The maximum Gasteiger partial charge on any atom is 0.490 e. The Balaban J connectivity index is 1.77. The molecule has 1 heterocycles. The SMILES string of the molecule is CC1(C)OB(C2=CC3CC3(C(=O)O)CC2)OC1(C)C. The van der Waals surface area contributed by atoms with Gasteiger partial charge in [0.25, 0.3) is 0 Å². The maximum absolute atomic E-state index is 11.3. The van der Waals surface area contributed by atoms with Crippen LogP contribution in [0.3, 0.4) is 0 Å². The lowest BCUT2D eigenvalue weighted by atomic mass is 9.70. The molecular formula is C14H21BO4. The number of carboxylic acid groups (broad SMARTS) is 1. The summed E-state index contributed by atoms with van der Waals surface area (Å²) in [7, 11) is -0.308. The van der Waals surface area contributed by atoms with Gasteiger partial charge in [-0.25, -0.2) is 0 Å². The fraction of sp³-hybridized carbons (Fsp3) is 0.786. The van der Waals surface area contributed by atoms with Gasteiger partial charge in [-0.15, -0.1) is 0 Å². The monoisotopic (exact) mass is 264 g/mol. The molecule has 3 rings (SSSR count). The lowest BCUT2D eigenvalue weighted by molar-refractivity contribution is -0.144. The Morgan fingerprint density at radius 1 is 1.32 bits per heavy atom. The highest BCUT2D eigenvalue weighted by Crippen LogP contribution is 2.60. The van der Waals surface area contributed by atoms with Gasteiger partial charge in [-0.1, -0.05) is 6.08 Å². The molecule has 5 heteroatoms. The summed E-state index contributed by atoms with van der Waals surface area (Å²) in [5.41, 5.74) is -0.0158. The van der Waals surface area contributed by atoms with Gasteiger partial charge in [0.15, 0.2) is 0 Å². The van der Waals surface area contributed by atoms with Crippen LogP contribution in [0.1, 0.15) is 47.0 Å². The molecule has 0 radical (unpaired) electrons. The molecule has 3 aliphatic rings. The minimum Gasteiger partial charge on any atom is -0.481 e. The highest BCUT2D eigenvalue weighted by atomic mass is 16.7. The molecule has 2 atom stereocenters. The van der Waals surface area contributed by atoms with Crippen molar-refractivity contribution in [1.82, 2.24) is 0 Å². The standard InChI is InChI=1S/C14H21BO4/c1-12(2)13(3,4)19-15(18-12)10-5-6-14(11(16)17)8-9(14)7-10/h7,9H,5-6,8H2,1-4H3,(H,16,17). The molecule has 1 saturated carbocycles. The van der Waals surface area contributed by atoms with E-state index in [1.54, 1.807) is 0 Å². The Hall–Kier alpha value is -0.805. The Morgan fingerprint density at radius 2 is 1.89 bits per heavy atom. The van der Waals surface area contributed by atoms with Gasteiger partial charge >= 0.3 is 13.1 Å². The minimum atomic E-state index is -0.651.